The second-order valence-electron chi connectivity index (χ2n) is 8.21. The van der Waals surface area contributed by atoms with Gasteiger partial charge < -0.3 is 15.0 Å². The maximum Gasteiger partial charge on any atom is 0.261 e. The molecule has 172 valence electrons. The molecule has 0 saturated heterocycles. The van der Waals surface area contributed by atoms with Gasteiger partial charge in [0.1, 0.15) is 11.8 Å². The standard InChI is InChI=1S/C28H32N2O3/c1-4-29-28(32)26(18-23-10-6-5-7-11-23)30(19-24-12-8-9-22(3)17-24)27(31)20-33-25-15-13-21(2)14-16-25/h5-17,26H,4,18-20H2,1-3H3,(H,29,32)/t26-/m0/s1. The number of aryl methyl sites for hydroxylation is 2. The molecule has 5 heteroatoms. The third kappa shape index (κ3) is 7.21. The third-order valence-electron chi connectivity index (χ3n) is 5.44. The van der Waals surface area contributed by atoms with Crippen LogP contribution >= 0.6 is 0 Å². The van der Waals surface area contributed by atoms with Crippen LogP contribution in [0.5, 0.6) is 5.75 Å². The lowest BCUT2D eigenvalue weighted by Gasteiger charge is -2.31. The maximum atomic E-state index is 13.4. The largest absolute Gasteiger partial charge is 0.484 e. The van der Waals surface area contributed by atoms with Gasteiger partial charge in [0, 0.05) is 19.5 Å². The molecular formula is C28H32N2O3. The van der Waals surface area contributed by atoms with Crippen LogP contribution in [0.3, 0.4) is 0 Å². The Kier molecular flexibility index (Phi) is 8.64. The van der Waals surface area contributed by atoms with Crippen molar-refractivity contribution in [1.82, 2.24) is 10.2 Å². The Hall–Kier alpha value is -3.60. The number of rotatable bonds is 10. The van der Waals surface area contributed by atoms with E-state index in [1.54, 1.807) is 4.90 Å². The number of amides is 2. The second kappa shape index (κ2) is 11.9. The van der Waals surface area contributed by atoms with E-state index in [9.17, 15) is 9.59 Å². The molecule has 3 rings (SSSR count). The Morgan fingerprint density at radius 1 is 0.879 bits per heavy atom. The van der Waals surface area contributed by atoms with E-state index in [2.05, 4.69) is 5.32 Å². The second-order valence-corrected chi connectivity index (χ2v) is 8.21. The van der Waals surface area contributed by atoms with E-state index < -0.39 is 6.04 Å². The first kappa shape index (κ1) is 24.1. The van der Waals surface area contributed by atoms with Crippen LogP contribution in [-0.2, 0) is 22.6 Å². The van der Waals surface area contributed by atoms with Crippen LogP contribution in [0.15, 0.2) is 78.9 Å². The Balaban J connectivity index is 1.88. The van der Waals surface area contributed by atoms with Crippen LogP contribution in [0.4, 0.5) is 0 Å². The number of hydrogen-bond acceptors (Lipinski definition) is 3. The molecule has 5 nitrogen and oxygen atoms in total. The number of benzene rings is 3. The molecule has 0 fully saturated rings. The predicted molar refractivity (Wildman–Crippen MR) is 131 cm³/mol. The van der Waals surface area contributed by atoms with Crippen molar-refractivity contribution in [3.8, 4) is 5.75 Å². The first-order valence-electron chi connectivity index (χ1n) is 11.3. The molecule has 2 amide bonds. The predicted octanol–water partition coefficient (Wildman–Crippen LogP) is 4.46. The zero-order valence-electron chi connectivity index (χ0n) is 19.6. The summed E-state index contributed by atoms with van der Waals surface area (Å²) in [5, 5.41) is 2.90. The zero-order valence-corrected chi connectivity index (χ0v) is 19.6. The molecule has 33 heavy (non-hydrogen) atoms. The fraction of sp³-hybridized carbons (Fsp3) is 0.286. The molecule has 0 aliphatic heterocycles. The number of likely N-dealkylation sites (N-methyl/N-ethyl adjacent to an activating group) is 1. The molecular weight excluding hydrogens is 412 g/mol. The van der Waals surface area contributed by atoms with Crippen LogP contribution in [0.2, 0.25) is 0 Å². The molecule has 0 unspecified atom stereocenters. The highest BCUT2D eigenvalue weighted by Crippen LogP contribution is 2.17. The average Bonchev–Trinajstić information content (AvgIpc) is 2.81. The van der Waals surface area contributed by atoms with Crippen molar-refractivity contribution >= 4 is 11.8 Å². The van der Waals surface area contributed by atoms with Crippen molar-refractivity contribution < 1.29 is 14.3 Å². The lowest BCUT2D eigenvalue weighted by atomic mass is 10.0. The van der Waals surface area contributed by atoms with Crippen molar-refractivity contribution in [2.24, 2.45) is 0 Å². The number of nitrogens with zero attached hydrogens (tertiary/aromatic N) is 1. The van der Waals surface area contributed by atoms with Crippen LogP contribution in [0.25, 0.3) is 0 Å². The van der Waals surface area contributed by atoms with E-state index >= 15 is 0 Å². The fourth-order valence-corrected chi connectivity index (χ4v) is 3.72. The SMILES string of the molecule is CCNC(=O)[C@H](Cc1ccccc1)N(Cc1cccc(C)c1)C(=O)COc1ccc(C)cc1. The molecule has 0 aliphatic carbocycles. The summed E-state index contributed by atoms with van der Waals surface area (Å²) in [6.07, 6.45) is 0.425. The van der Waals surface area contributed by atoms with E-state index in [1.807, 2.05) is 99.6 Å². The molecule has 0 aromatic heterocycles. The van der Waals surface area contributed by atoms with Gasteiger partial charge in [-0.25, -0.2) is 0 Å². The monoisotopic (exact) mass is 444 g/mol. The van der Waals surface area contributed by atoms with Crippen molar-refractivity contribution in [2.75, 3.05) is 13.2 Å². The minimum absolute atomic E-state index is 0.139. The number of hydrogen-bond donors (Lipinski definition) is 1. The number of ether oxygens (including phenoxy) is 1. The summed E-state index contributed by atoms with van der Waals surface area (Å²) < 4.78 is 5.78. The average molecular weight is 445 g/mol. The summed E-state index contributed by atoms with van der Waals surface area (Å²) >= 11 is 0. The molecule has 1 atom stereocenters. The lowest BCUT2D eigenvalue weighted by Crippen LogP contribution is -2.51. The summed E-state index contributed by atoms with van der Waals surface area (Å²) in [6, 6.07) is 24.7. The van der Waals surface area contributed by atoms with Gasteiger partial charge in [-0.05, 0) is 44.0 Å². The van der Waals surface area contributed by atoms with Crippen LogP contribution in [0.1, 0.15) is 29.2 Å². The van der Waals surface area contributed by atoms with Gasteiger partial charge in [0.25, 0.3) is 5.91 Å². The zero-order chi connectivity index (χ0) is 23.6. The van der Waals surface area contributed by atoms with Crippen LogP contribution < -0.4 is 10.1 Å². The Bertz CT molecular complexity index is 1050. The van der Waals surface area contributed by atoms with Gasteiger partial charge in [0.2, 0.25) is 5.91 Å². The van der Waals surface area contributed by atoms with E-state index in [1.165, 1.54) is 0 Å². The summed E-state index contributed by atoms with van der Waals surface area (Å²) in [5.74, 6) is 0.226. The van der Waals surface area contributed by atoms with Crippen molar-refractivity contribution in [1.29, 1.82) is 0 Å². The highest BCUT2D eigenvalue weighted by atomic mass is 16.5. The Labute approximate surface area is 196 Å². The molecule has 0 spiro atoms. The van der Waals surface area contributed by atoms with E-state index in [0.717, 1.165) is 22.3 Å². The molecule has 0 radical (unpaired) electrons. The summed E-state index contributed by atoms with van der Waals surface area (Å²) in [4.78, 5) is 28.2. The highest BCUT2D eigenvalue weighted by molar-refractivity contribution is 5.88. The van der Waals surface area contributed by atoms with Crippen LogP contribution in [-0.4, -0.2) is 35.9 Å². The molecule has 3 aromatic rings. The molecule has 3 aromatic carbocycles. The number of carbonyl (C=O) groups excluding carboxylic acids is 2. The molecule has 0 aliphatic rings. The van der Waals surface area contributed by atoms with Gasteiger partial charge in [0.05, 0.1) is 0 Å². The van der Waals surface area contributed by atoms with E-state index in [0.29, 0.717) is 25.3 Å². The summed E-state index contributed by atoms with van der Waals surface area (Å²) in [7, 11) is 0. The van der Waals surface area contributed by atoms with E-state index in [4.69, 9.17) is 4.74 Å². The summed E-state index contributed by atoms with van der Waals surface area (Å²) in [5.41, 5.74) is 4.19. The Morgan fingerprint density at radius 2 is 1.58 bits per heavy atom. The third-order valence-corrected chi connectivity index (χ3v) is 5.44. The smallest absolute Gasteiger partial charge is 0.261 e. The molecule has 1 N–H and O–H groups in total. The van der Waals surface area contributed by atoms with Crippen molar-refractivity contribution in [2.45, 2.75) is 39.8 Å². The number of nitrogens with one attached hydrogen (secondary N) is 1. The van der Waals surface area contributed by atoms with Gasteiger partial charge >= 0.3 is 0 Å². The topological polar surface area (TPSA) is 58.6 Å². The minimum atomic E-state index is -0.651. The Morgan fingerprint density at radius 3 is 2.24 bits per heavy atom. The van der Waals surface area contributed by atoms with E-state index in [-0.39, 0.29) is 18.4 Å². The minimum Gasteiger partial charge on any atom is -0.484 e. The van der Waals surface area contributed by atoms with Crippen molar-refractivity contribution in [3.05, 3.63) is 101 Å². The van der Waals surface area contributed by atoms with Gasteiger partial charge in [-0.1, -0.05) is 77.9 Å². The lowest BCUT2D eigenvalue weighted by molar-refractivity contribution is -0.142. The van der Waals surface area contributed by atoms with Gasteiger partial charge in [0.15, 0.2) is 6.61 Å². The fourth-order valence-electron chi connectivity index (χ4n) is 3.72. The number of carbonyl (C=O) groups is 2. The van der Waals surface area contributed by atoms with Crippen LogP contribution in [0, 0.1) is 13.8 Å². The van der Waals surface area contributed by atoms with Gasteiger partial charge in [-0.2, -0.15) is 0 Å². The normalized spacial score (nSPS) is 11.5. The highest BCUT2D eigenvalue weighted by Gasteiger charge is 2.30. The first-order valence-corrected chi connectivity index (χ1v) is 11.3. The molecule has 0 heterocycles. The molecule has 0 saturated carbocycles. The van der Waals surface area contributed by atoms with Crippen molar-refractivity contribution in [3.63, 3.8) is 0 Å². The first-order chi connectivity index (χ1) is 16.0. The maximum absolute atomic E-state index is 13.4. The molecule has 0 bridgehead atoms. The van der Waals surface area contributed by atoms with Gasteiger partial charge in [-0.3, -0.25) is 9.59 Å². The van der Waals surface area contributed by atoms with Gasteiger partial charge in [-0.15, -0.1) is 0 Å². The quantitative estimate of drug-likeness (QED) is 0.502. The summed E-state index contributed by atoms with van der Waals surface area (Å²) in [6.45, 7) is 6.58.